The van der Waals surface area contributed by atoms with Crippen molar-refractivity contribution >= 4 is 44.9 Å². The lowest BCUT2D eigenvalue weighted by atomic mass is 9.64. The van der Waals surface area contributed by atoms with Crippen LogP contribution in [-0.4, -0.2) is 0 Å². The summed E-state index contributed by atoms with van der Waals surface area (Å²) in [4.78, 5) is 5.00. The van der Waals surface area contributed by atoms with Gasteiger partial charge in [-0.05, 0) is 138 Å². The van der Waals surface area contributed by atoms with E-state index >= 15 is 0 Å². The molecule has 1 heterocycles. The molecule has 0 amide bonds. The van der Waals surface area contributed by atoms with Crippen LogP contribution in [0.2, 0.25) is 0 Å². The zero-order valence-electron chi connectivity index (χ0n) is 39.1. The summed E-state index contributed by atoms with van der Waals surface area (Å²) in [5, 5.41) is 2.48. The molecule has 0 N–H and O–H groups in total. The Morgan fingerprint density at radius 2 is 0.771 bits per heavy atom. The molecule has 11 aromatic carbocycles. The lowest BCUT2D eigenvalue weighted by molar-refractivity contribution is 0.660. The molecular formula is C68H48N2. The van der Waals surface area contributed by atoms with Gasteiger partial charge in [0.25, 0.3) is 0 Å². The molecule has 0 atom stereocenters. The number of hydrogen-bond donors (Lipinski definition) is 0. The van der Waals surface area contributed by atoms with Crippen LogP contribution in [0.4, 0.5) is 34.1 Å². The Morgan fingerprint density at radius 3 is 1.47 bits per heavy atom. The molecule has 11 aromatic rings. The molecule has 330 valence electrons. The third-order valence-electron chi connectivity index (χ3n) is 15.7. The lowest BCUT2D eigenvalue weighted by Crippen LogP contribution is -2.36. The Kier molecular flexibility index (Phi) is 8.88. The maximum absolute atomic E-state index is 2.54. The van der Waals surface area contributed by atoms with Crippen LogP contribution in [0.15, 0.2) is 255 Å². The molecule has 2 heteroatoms. The first-order valence-corrected chi connectivity index (χ1v) is 24.5. The van der Waals surface area contributed by atoms with E-state index in [1.165, 1.54) is 100 Å². The number of fused-ring (bicyclic) bond motifs is 13. The van der Waals surface area contributed by atoms with Crippen LogP contribution in [0.5, 0.6) is 0 Å². The van der Waals surface area contributed by atoms with Crippen LogP contribution >= 0.6 is 0 Å². The molecule has 0 unspecified atom stereocenters. The monoisotopic (exact) mass is 892 g/mol. The standard InChI is InChI=1S/C68H48N2/c1-67(2)58-32-13-10-28-53(58)55-41-39-47(43-62(55)67)69(64-36-17-12-30-57(64)52-27-9-8-26-51(52)50-31-20-22-45-21-6-7-25-49(45)50)48-40-42-56-54-29-11-14-33-59(54)68(63(56)44-48)60-34-15-18-37-65(60)70(46-23-4-3-5-24-46)66-38-19-16-35-61(66)68/h3-44H,1-2H3. The van der Waals surface area contributed by atoms with Crippen molar-refractivity contribution in [3.05, 3.63) is 288 Å². The van der Waals surface area contributed by atoms with Crippen LogP contribution in [-0.2, 0) is 10.8 Å². The van der Waals surface area contributed by atoms with Crippen LogP contribution in [0.3, 0.4) is 0 Å². The lowest BCUT2D eigenvalue weighted by Gasteiger charge is -2.45. The maximum Gasteiger partial charge on any atom is 0.0755 e. The average molecular weight is 893 g/mol. The van der Waals surface area contributed by atoms with E-state index < -0.39 is 5.41 Å². The van der Waals surface area contributed by atoms with Crippen LogP contribution < -0.4 is 9.80 Å². The van der Waals surface area contributed by atoms with Crippen molar-refractivity contribution in [3.8, 4) is 44.5 Å². The second-order valence-electron chi connectivity index (χ2n) is 19.6. The van der Waals surface area contributed by atoms with E-state index in [0.717, 1.165) is 22.7 Å². The molecule has 3 aliphatic rings. The minimum absolute atomic E-state index is 0.183. The van der Waals surface area contributed by atoms with Crippen molar-refractivity contribution in [2.75, 3.05) is 9.80 Å². The number of rotatable bonds is 6. The van der Waals surface area contributed by atoms with E-state index in [0.29, 0.717) is 0 Å². The molecule has 0 saturated heterocycles. The number of benzene rings is 11. The predicted octanol–water partition coefficient (Wildman–Crippen LogP) is 18.1. The third kappa shape index (κ3) is 5.68. The first-order valence-electron chi connectivity index (χ1n) is 24.5. The van der Waals surface area contributed by atoms with E-state index in [1.54, 1.807) is 0 Å². The summed E-state index contributed by atoms with van der Waals surface area (Å²) in [5.74, 6) is 0. The quantitative estimate of drug-likeness (QED) is 0.164. The third-order valence-corrected chi connectivity index (χ3v) is 15.7. The molecular weight excluding hydrogens is 845 g/mol. The van der Waals surface area contributed by atoms with Crippen molar-refractivity contribution in [1.82, 2.24) is 0 Å². The minimum Gasteiger partial charge on any atom is -0.310 e. The van der Waals surface area contributed by atoms with Gasteiger partial charge in [-0.1, -0.05) is 214 Å². The second-order valence-corrected chi connectivity index (χ2v) is 19.6. The summed E-state index contributed by atoms with van der Waals surface area (Å²) in [6.45, 7) is 4.76. The second kappa shape index (κ2) is 15.4. The number of nitrogens with zero attached hydrogens (tertiary/aromatic N) is 2. The van der Waals surface area contributed by atoms with Crippen LogP contribution in [0, 0.1) is 0 Å². The van der Waals surface area contributed by atoms with Crippen LogP contribution in [0.1, 0.15) is 47.2 Å². The highest BCUT2D eigenvalue weighted by Gasteiger charge is 2.52. The molecule has 2 aliphatic carbocycles. The van der Waals surface area contributed by atoms with E-state index in [1.807, 2.05) is 0 Å². The Morgan fingerprint density at radius 1 is 0.314 bits per heavy atom. The first-order chi connectivity index (χ1) is 34.5. The van der Waals surface area contributed by atoms with Gasteiger partial charge in [-0.15, -0.1) is 0 Å². The van der Waals surface area contributed by atoms with Gasteiger partial charge >= 0.3 is 0 Å². The van der Waals surface area contributed by atoms with Crippen molar-refractivity contribution in [3.63, 3.8) is 0 Å². The smallest absolute Gasteiger partial charge is 0.0755 e. The highest BCUT2D eigenvalue weighted by Crippen LogP contribution is 2.64. The Bertz CT molecular complexity index is 3840. The number of hydrogen-bond acceptors (Lipinski definition) is 2. The summed E-state index contributed by atoms with van der Waals surface area (Å²) in [7, 11) is 0. The fraction of sp³-hybridized carbons (Fsp3) is 0.0588. The predicted molar refractivity (Wildman–Crippen MR) is 293 cm³/mol. The highest BCUT2D eigenvalue weighted by molar-refractivity contribution is 6.03. The van der Waals surface area contributed by atoms with Crippen molar-refractivity contribution in [2.45, 2.75) is 24.7 Å². The summed E-state index contributed by atoms with van der Waals surface area (Å²) < 4.78 is 0. The zero-order valence-corrected chi connectivity index (χ0v) is 39.1. The number of para-hydroxylation sites is 4. The van der Waals surface area contributed by atoms with Gasteiger partial charge in [0.15, 0.2) is 0 Å². The fourth-order valence-corrected chi connectivity index (χ4v) is 12.7. The van der Waals surface area contributed by atoms with E-state index in [2.05, 4.69) is 278 Å². The highest BCUT2D eigenvalue weighted by atomic mass is 15.2. The van der Waals surface area contributed by atoms with Gasteiger partial charge in [-0.2, -0.15) is 0 Å². The molecule has 0 fully saturated rings. The van der Waals surface area contributed by atoms with Gasteiger partial charge in [-0.25, -0.2) is 0 Å². The van der Waals surface area contributed by atoms with Crippen molar-refractivity contribution < 1.29 is 0 Å². The molecule has 0 radical (unpaired) electrons. The maximum atomic E-state index is 2.54. The largest absolute Gasteiger partial charge is 0.310 e. The molecule has 0 bridgehead atoms. The van der Waals surface area contributed by atoms with Crippen molar-refractivity contribution in [2.24, 2.45) is 0 Å². The average Bonchev–Trinajstić information content (AvgIpc) is 3.83. The van der Waals surface area contributed by atoms with E-state index in [9.17, 15) is 0 Å². The molecule has 14 rings (SSSR count). The van der Waals surface area contributed by atoms with Gasteiger partial charge in [0.1, 0.15) is 0 Å². The molecule has 0 saturated carbocycles. The van der Waals surface area contributed by atoms with Crippen molar-refractivity contribution in [1.29, 1.82) is 0 Å². The number of anilines is 6. The fourth-order valence-electron chi connectivity index (χ4n) is 12.7. The molecule has 0 aromatic heterocycles. The normalized spacial score (nSPS) is 14.1. The van der Waals surface area contributed by atoms with Gasteiger partial charge in [0.2, 0.25) is 0 Å². The Labute approximate surface area is 410 Å². The van der Waals surface area contributed by atoms with Gasteiger partial charge in [0.05, 0.1) is 22.5 Å². The molecule has 1 spiro atoms. The molecule has 2 nitrogen and oxygen atoms in total. The summed E-state index contributed by atoms with van der Waals surface area (Å²) in [6.07, 6.45) is 0. The zero-order chi connectivity index (χ0) is 46.6. The van der Waals surface area contributed by atoms with Crippen LogP contribution in [0.25, 0.3) is 55.3 Å². The van der Waals surface area contributed by atoms with Gasteiger partial charge in [0, 0.05) is 28.0 Å². The molecule has 1 aliphatic heterocycles. The van der Waals surface area contributed by atoms with Gasteiger partial charge in [-0.3, -0.25) is 0 Å². The SMILES string of the molecule is CC1(C)c2ccccc2-c2ccc(N(c3ccc4c(c3)C3(c5ccccc5-4)c4ccccc4N(c4ccccc4)c4ccccc43)c3ccccc3-c3ccccc3-c3cccc4ccccc34)cc21. The van der Waals surface area contributed by atoms with E-state index in [4.69, 9.17) is 0 Å². The summed E-state index contributed by atoms with van der Waals surface area (Å²) >= 11 is 0. The topological polar surface area (TPSA) is 6.48 Å². The molecule has 70 heavy (non-hydrogen) atoms. The summed E-state index contributed by atoms with van der Waals surface area (Å²) in [6, 6.07) is 95.0. The van der Waals surface area contributed by atoms with E-state index in [-0.39, 0.29) is 5.41 Å². The summed E-state index contributed by atoms with van der Waals surface area (Å²) in [5.41, 5.74) is 23.9. The van der Waals surface area contributed by atoms with Gasteiger partial charge < -0.3 is 9.80 Å². The minimum atomic E-state index is -0.603. The Balaban J connectivity index is 1.04. The Hall–Kier alpha value is -8.72. The first kappa shape index (κ1) is 40.4.